The van der Waals surface area contributed by atoms with E-state index in [4.69, 9.17) is 9.47 Å². The lowest BCUT2D eigenvalue weighted by atomic mass is 9.94. The Morgan fingerprint density at radius 3 is 2.89 bits per heavy atom. The van der Waals surface area contributed by atoms with Crippen molar-refractivity contribution in [1.82, 2.24) is 10.2 Å². The number of nitrogens with zero attached hydrogens (tertiary/aromatic N) is 2. The fraction of sp³-hybridized carbons (Fsp3) is 0.286. The largest absolute Gasteiger partial charge is 0.487 e. The summed E-state index contributed by atoms with van der Waals surface area (Å²) in [7, 11) is 0. The van der Waals surface area contributed by atoms with Gasteiger partial charge in [0.25, 0.3) is 0 Å². The van der Waals surface area contributed by atoms with Crippen LogP contribution in [0.4, 0.5) is 0 Å². The molecule has 3 heterocycles. The maximum absolute atomic E-state index is 5.70. The van der Waals surface area contributed by atoms with Gasteiger partial charge in [-0.2, -0.15) is 10.2 Å². The summed E-state index contributed by atoms with van der Waals surface area (Å²) in [4.78, 5) is 0. The number of fused-ring (bicyclic) bond motifs is 5. The first-order chi connectivity index (χ1) is 8.93. The molecule has 0 N–H and O–H groups in total. The summed E-state index contributed by atoms with van der Waals surface area (Å²) in [6, 6.07) is 8.08. The number of hydrogen-bond donors (Lipinski definition) is 0. The first-order valence-corrected chi connectivity index (χ1v) is 6.11. The highest BCUT2D eigenvalue weighted by Crippen LogP contribution is 2.39. The maximum Gasteiger partial charge on any atom is 0.133 e. The van der Waals surface area contributed by atoms with Crippen molar-refractivity contribution in [3.05, 3.63) is 41.2 Å². The summed E-state index contributed by atoms with van der Waals surface area (Å²) in [5.74, 6) is 0.922. The van der Waals surface area contributed by atoms with Crippen molar-refractivity contribution >= 4 is 0 Å². The fourth-order valence-electron chi connectivity index (χ4n) is 2.61. The highest BCUT2D eigenvalue weighted by Gasteiger charge is 2.25. The highest BCUT2D eigenvalue weighted by molar-refractivity contribution is 5.77. The van der Waals surface area contributed by atoms with Crippen molar-refractivity contribution in [2.24, 2.45) is 0 Å². The lowest BCUT2D eigenvalue weighted by Crippen LogP contribution is -2.19. The first kappa shape index (κ1) is 10.0. The molecular formula is C14H12N2O2. The molecule has 2 aliphatic rings. The van der Waals surface area contributed by atoms with Gasteiger partial charge in [-0.05, 0) is 6.07 Å². The van der Waals surface area contributed by atoms with Crippen molar-refractivity contribution in [2.75, 3.05) is 6.61 Å². The average Bonchev–Trinajstić information content (AvgIpc) is 2.46. The third kappa shape index (κ3) is 1.36. The van der Waals surface area contributed by atoms with Crippen LogP contribution in [0.15, 0.2) is 24.3 Å². The highest BCUT2D eigenvalue weighted by atomic mass is 16.5. The van der Waals surface area contributed by atoms with Crippen molar-refractivity contribution in [1.29, 1.82) is 0 Å². The summed E-state index contributed by atoms with van der Waals surface area (Å²) >= 11 is 0. The molecule has 4 nitrogen and oxygen atoms in total. The van der Waals surface area contributed by atoms with E-state index in [1.165, 1.54) is 11.1 Å². The third-order valence-corrected chi connectivity index (χ3v) is 3.48. The van der Waals surface area contributed by atoms with Crippen LogP contribution in [0.2, 0.25) is 0 Å². The lowest BCUT2D eigenvalue weighted by Gasteiger charge is -2.25. The average molecular weight is 240 g/mol. The van der Waals surface area contributed by atoms with Gasteiger partial charge in [0.05, 0.1) is 18.9 Å². The molecule has 0 saturated heterocycles. The molecule has 90 valence electrons. The maximum atomic E-state index is 5.70. The topological polar surface area (TPSA) is 44.2 Å². The molecule has 1 aromatic heterocycles. The van der Waals surface area contributed by atoms with Gasteiger partial charge in [0.1, 0.15) is 18.1 Å². The van der Waals surface area contributed by atoms with Crippen LogP contribution >= 0.6 is 0 Å². The van der Waals surface area contributed by atoms with Crippen molar-refractivity contribution < 1.29 is 9.47 Å². The molecule has 4 rings (SSSR count). The molecule has 0 saturated carbocycles. The summed E-state index contributed by atoms with van der Waals surface area (Å²) in [5, 5.41) is 8.60. The Bertz CT molecular complexity index is 625. The molecule has 2 aliphatic heterocycles. The van der Waals surface area contributed by atoms with E-state index in [0.717, 1.165) is 35.7 Å². The molecule has 4 heteroatoms. The smallest absolute Gasteiger partial charge is 0.133 e. The van der Waals surface area contributed by atoms with Gasteiger partial charge in [-0.25, -0.2) is 0 Å². The normalized spacial score (nSPS) is 16.2. The molecule has 18 heavy (non-hydrogen) atoms. The molecule has 0 unspecified atom stereocenters. The van der Waals surface area contributed by atoms with E-state index >= 15 is 0 Å². The standard InChI is InChI=1S/C14H12N2O2/c1-2-4-13-9(3-1)14-10-7-17-6-5-11(10)15-16-12(14)8-18-13/h1-4H,5-8H2. The zero-order valence-corrected chi connectivity index (χ0v) is 9.85. The summed E-state index contributed by atoms with van der Waals surface area (Å²) in [6.45, 7) is 1.85. The minimum atomic E-state index is 0.493. The van der Waals surface area contributed by atoms with Gasteiger partial charge >= 0.3 is 0 Å². The van der Waals surface area contributed by atoms with Crippen molar-refractivity contribution in [3.8, 4) is 16.9 Å². The zero-order chi connectivity index (χ0) is 11.9. The Kier molecular flexibility index (Phi) is 2.11. The van der Waals surface area contributed by atoms with Crippen LogP contribution in [0, 0.1) is 0 Å². The second kappa shape index (κ2) is 3.78. The Balaban J connectivity index is 2.01. The number of ether oxygens (including phenoxy) is 2. The molecular weight excluding hydrogens is 228 g/mol. The summed E-state index contributed by atoms with van der Waals surface area (Å²) in [6.07, 6.45) is 0.846. The second-order valence-electron chi connectivity index (χ2n) is 4.53. The molecule has 0 bridgehead atoms. The molecule has 0 amide bonds. The van der Waals surface area contributed by atoms with E-state index in [2.05, 4.69) is 16.3 Å². The number of hydrogen-bond acceptors (Lipinski definition) is 4. The molecule has 0 aliphatic carbocycles. The predicted octanol–water partition coefficient (Wildman–Crippen LogP) is 2.11. The number of benzene rings is 1. The lowest BCUT2D eigenvalue weighted by molar-refractivity contribution is 0.108. The Labute approximate surface area is 105 Å². The van der Waals surface area contributed by atoms with E-state index in [1.54, 1.807) is 0 Å². The zero-order valence-electron chi connectivity index (χ0n) is 9.85. The van der Waals surface area contributed by atoms with E-state index < -0.39 is 0 Å². The van der Waals surface area contributed by atoms with Crippen LogP contribution < -0.4 is 4.74 Å². The Hall–Kier alpha value is -1.94. The molecule has 0 atom stereocenters. The van der Waals surface area contributed by atoms with Crippen LogP contribution in [-0.4, -0.2) is 16.8 Å². The van der Waals surface area contributed by atoms with Gasteiger partial charge in [0, 0.05) is 23.1 Å². The van der Waals surface area contributed by atoms with Gasteiger partial charge in [-0.3, -0.25) is 0 Å². The fourth-order valence-corrected chi connectivity index (χ4v) is 2.61. The van der Waals surface area contributed by atoms with E-state index in [0.29, 0.717) is 13.2 Å². The SMILES string of the molecule is c1ccc2c(c1)OCc1nnc3c(c1-2)COCC3. The Morgan fingerprint density at radius 2 is 1.89 bits per heavy atom. The van der Waals surface area contributed by atoms with Crippen molar-refractivity contribution in [3.63, 3.8) is 0 Å². The van der Waals surface area contributed by atoms with E-state index in [9.17, 15) is 0 Å². The second-order valence-corrected chi connectivity index (χ2v) is 4.53. The Morgan fingerprint density at radius 1 is 1.00 bits per heavy atom. The third-order valence-electron chi connectivity index (χ3n) is 3.48. The van der Waals surface area contributed by atoms with Crippen LogP contribution in [0.5, 0.6) is 5.75 Å². The van der Waals surface area contributed by atoms with Crippen LogP contribution in [0.3, 0.4) is 0 Å². The minimum Gasteiger partial charge on any atom is -0.487 e. The molecule has 2 aromatic rings. The molecule has 0 spiro atoms. The van der Waals surface area contributed by atoms with Crippen LogP contribution in [-0.2, 0) is 24.4 Å². The van der Waals surface area contributed by atoms with Gasteiger partial charge < -0.3 is 9.47 Å². The molecule has 0 radical (unpaired) electrons. The number of rotatable bonds is 0. The number of para-hydroxylation sites is 1. The monoisotopic (exact) mass is 240 g/mol. The molecule has 1 aromatic carbocycles. The van der Waals surface area contributed by atoms with Crippen LogP contribution in [0.1, 0.15) is 17.0 Å². The van der Waals surface area contributed by atoms with Gasteiger partial charge in [-0.1, -0.05) is 18.2 Å². The molecule has 0 fully saturated rings. The van der Waals surface area contributed by atoms with E-state index in [1.807, 2.05) is 18.2 Å². The summed E-state index contributed by atoms with van der Waals surface area (Å²) < 4.78 is 11.3. The van der Waals surface area contributed by atoms with Gasteiger partial charge in [0.2, 0.25) is 0 Å². The van der Waals surface area contributed by atoms with Crippen LogP contribution in [0.25, 0.3) is 11.1 Å². The first-order valence-electron chi connectivity index (χ1n) is 6.11. The van der Waals surface area contributed by atoms with Gasteiger partial charge in [-0.15, -0.1) is 0 Å². The summed E-state index contributed by atoms with van der Waals surface area (Å²) in [5.41, 5.74) is 5.44. The number of aromatic nitrogens is 2. The van der Waals surface area contributed by atoms with E-state index in [-0.39, 0.29) is 0 Å². The van der Waals surface area contributed by atoms with Gasteiger partial charge in [0.15, 0.2) is 0 Å². The minimum absolute atomic E-state index is 0.493. The van der Waals surface area contributed by atoms with Crippen molar-refractivity contribution in [2.45, 2.75) is 19.6 Å². The predicted molar refractivity (Wildman–Crippen MR) is 65.2 cm³/mol. The quantitative estimate of drug-likeness (QED) is 0.707.